The maximum atomic E-state index is 11.6. The van der Waals surface area contributed by atoms with Crippen LogP contribution in [0.1, 0.15) is 58.8 Å². The largest absolute Gasteiger partial charge is 0.368 e. The fourth-order valence-electron chi connectivity index (χ4n) is 2.70. The van der Waals surface area contributed by atoms with Crippen molar-refractivity contribution in [3.05, 3.63) is 0 Å². The van der Waals surface area contributed by atoms with Gasteiger partial charge in [-0.1, -0.05) is 13.3 Å². The summed E-state index contributed by atoms with van der Waals surface area (Å²) in [5, 5.41) is 3.30. The fourth-order valence-corrected chi connectivity index (χ4v) is 2.70. The molecule has 1 atom stereocenters. The van der Waals surface area contributed by atoms with E-state index in [1.165, 1.54) is 38.9 Å². The predicted octanol–water partition coefficient (Wildman–Crippen LogP) is 1.89. The van der Waals surface area contributed by atoms with E-state index in [1.807, 2.05) is 6.92 Å². The van der Waals surface area contributed by atoms with Crippen LogP contribution in [0.5, 0.6) is 0 Å². The van der Waals surface area contributed by atoms with Crippen LogP contribution in [0.25, 0.3) is 0 Å². The van der Waals surface area contributed by atoms with Gasteiger partial charge in [0.1, 0.15) is 0 Å². The maximum absolute atomic E-state index is 11.6. The molecule has 0 saturated carbocycles. The molecule has 1 aliphatic heterocycles. The highest BCUT2D eigenvalue weighted by molar-refractivity contribution is 5.84. The Balaban J connectivity index is 2.22. The van der Waals surface area contributed by atoms with Crippen LogP contribution >= 0.6 is 0 Å². The molecule has 0 bridgehead atoms. The van der Waals surface area contributed by atoms with Crippen LogP contribution in [0, 0.1) is 0 Å². The summed E-state index contributed by atoms with van der Waals surface area (Å²) in [7, 11) is 0. The summed E-state index contributed by atoms with van der Waals surface area (Å²) < 4.78 is 0. The molecule has 1 saturated heterocycles. The molecular formula is C15H31N3O. The number of nitrogens with two attached hydrogens (primary N) is 1. The number of amides is 1. The van der Waals surface area contributed by atoms with E-state index in [2.05, 4.69) is 17.1 Å². The lowest BCUT2D eigenvalue weighted by Crippen LogP contribution is -2.53. The number of carbonyl (C=O) groups is 1. The molecule has 0 aromatic heterocycles. The van der Waals surface area contributed by atoms with Crippen LogP contribution in [0.2, 0.25) is 0 Å². The van der Waals surface area contributed by atoms with Crippen LogP contribution in [0.15, 0.2) is 0 Å². The number of carbonyl (C=O) groups excluding carboxylic acids is 1. The second-order valence-electron chi connectivity index (χ2n) is 5.98. The first-order valence-corrected chi connectivity index (χ1v) is 7.86. The van der Waals surface area contributed by atoms with Gasteiger partial charge in [-0.3, -0.25) is 4.79 Å². The van der Waals surface area contributed by atoms with Gasteiger partial charge in [-0.2, -0.15) is 0 Å². The average molecular weight is 269 g/mol. The van der Waals surface area contributed by atoms with Crippen LogP contribution in [0.3, 0.4) is 0 Å². The van der Waals surface area contributed by atoms with Crippen molar-refractivity contribution >= 4 is 5.91 Å². The van der Waals surface area contributed by atoms with E-state index < -0.39 is 5.54 Å². The predicted molar refractivity (Wildman–Crippen MR) is 80.0 cm³/mol. The zero-order valence-corrected chi connectivity index (χ0v) is 12.7. The first-order valence-electron chi connectivity index (χ1n) is 7.86. The normalized spacial score (nSPS) is 20.1. The third-order valence-electron chi connectivity index (χ3n) is 4.16. The summed E-state index contributed by atoms with van der Waals surface area (Å²) in [6, 6.07) is 0. The minimum absolute atomic E-state index is 0.223. The lowest BCUT2D eigenvalue weighted by molar-refractivity contribution is -0.124. The number of primary amides is 1. The number of unbranched alkanes of at least 4 members (excludes halogenated alkanes) is 1. The second kappa shape index (κ2) is 8.54. The van der Waals surface area contributed by atoms with Gasteiger partial charge in [-0.05, 0) is 71.6 Å². The maximum Gasteiger partial charge on any atom is 0.237 e. The van der Waals surface area contributed by atoms with Crippen molar-refractivity contribution in [2.45, 2.75) is 64.3 Å². The molecule has 0 aliphatic carbocycles. The summed E-state index contributed by atoms with van der Waals surface area (Å²) in [5.41, 5.74) is 5.00. The number of hydrogen-bond donors (Lipinski definition) is 2. The molecule has 1 rings (SSSR count). The van der Waals surface area contributed by atoms with Gasteiger partial charge in [0.2, 0.25) is 5.91 Å². The van der Waals surface area contributed by atoms with Gasteiger partial charge in [0.25, 0.3) is 0 Å². The smallest absolute Gasteiger partial charge is 0.237 e. The number of nitrogens with one attached hydrogen (secondary N) is 1. The minimum Gasteiger partial charge on any atom is -0.368 e. The van der Waals surface area contributed by atoms with E-state index in [9.17, 15) is 4.79 Å². The highest BCUT2D eigenvalue weighted by Crippen LogP contribution is 2.15. The van der Waals surface area contributed by atoms with Gasteiger partial charge in [-0.25, -0.2) is 0 Å². The molecule has 1 amide bonds. The Bertz CT molecular complexity index is 264. The van der Waals surface area contributed by atoms with Gasteiger partial charge in [0, 0.05) is 0 Å². The highest BCUT2D eigenvalue weighted by Gasteiger charge is 2.29. The van der Waals surface area contributed by atoms with E-state index in [4.69, 9.17) is 5.73 Å². The number of piperidine rings is 1. The molecule has 1 aliphatic rings. The second-order valence-corrected chi connectivity index (χ2v) is 5.98. The molecule has 0 radical (unpaired) electrons. The Labute approximate surface area is 118 Å². The Kier molecular flexibility index (Phi) is 7.39. The number of likely N-dealkylation sites (tertiary alicyclic amines) is 1. The van der Waals surface area contributed by atoms with Gasteiger partial charge >= 0.3 is 0 Å². The van der Waals surface area contributed by atoms with Crippen LogP contribution in [-0.4, -0.2) is 42.5 Å². The van der Waals surface area contributed by atoms with Crippen LogP contribution in [-0.2, 0) is 4.79 Å². The SMILES string of the molecule is CCCNC(C)(CCCCN1CCCCC1)C(N)=O. The Morgan fingerprint density at radius 3 is 2.53 bits per heavy atom. The summed E-state index contributed by atoms with van der Waals surface area (Å²) in [6.45, 7) is 8.56. The molecule has 112 valence electrons. The fraction of sp³-hybridized carbons (Fsp3) is 0.933. The molecule has 0 aromatic carbocycles. The first kappa shape index (κ1) is 16.4. The first-order chi connectivity index (χ1) is 9.08. The Hall–Kier alpha value is -0.610. The molecule has 1 heterocycles. The van der Waals surface area contributed by atoms with E-state index >= 15 is 0 Å². The summed E-state index contributed by atoms with van der Waals surface area (Å²) in [5.74, 6) is -0.223. The Morgan fingerprint density at radius 2 is 1.95 bits per heavy atom. The molecule has 0 aromatic rings. The van der Waals surface area contributed by atoms with Crippen LogP contribution < -0.4 is 11.1 Å². The molecule has 4 nitrogen and oxygen atoms in total. The average Bonchev–Trinajstić information content (AvgIpc) is 2.42. The molecule has 4 heteroatoms. The van der Waals surface area contributed by atoms with Gasteiger partial charge < -0.3 is 16.0 Å². The highest BCUT2D eigenvalue weighted by atomic mass is 16.1. The van der Waals surface area contributed by atoms with Crippen molar-refractivity contribution in [3.8, 4) is 0 Å². The topological polar surface area (TPSA) is 58.4 Å². The quantitative estimate of drug-likeness (QED) is 0.628. The third kappa shape index (κ3) is 5.91. The molecule has 0 spiro atoms. The van der Waals surface area contributed by atoms with Gasteiger partial charge in [0.15, 0.2) is 0 Å². The van der Waals surface area contributed by atoms with E-state index in [1.54, 1.807) is 0 Å². The summed E-state index contributed by atoms with van der Waals surface area (Å²) in [6.07, 6.45) is 8.17. The Morgan fingerprint density at radius 1 is 1.26 bits per heavy atom. The number of rotatable bonds is 9. The molecule has 1 fully saturated rings. The lowest BCUT2D eigenvalue weighted by atomic mass is 9.93. The van der Waals surface area contributed by atoms with Gasteiger partial charge in [-0.15, -0.1) is 0 Å². The zero-order chi connectivity index (χ0) is 14.1. The molecule has 19 heavy (non-hydrogen) atoms. The summed E-state index contributed by atoms with van der Waals surface area (Å²) in [4.78, 5) is 14.1. The van der Waals surface area contributed by atoms with Crippen molar-refractivity contribution in [2.24, 2.45) is 5.73 Å². The molecule has 1 unspecified atom stereocenters. The number of hydrogen-bond acceptors (Lipinski definition) is 3. The van der Waals surface area contributed by atoms with Crippen molar-refractivity contribution in [3.63, 3.8) is 0 Å². The monoisotopic (exact) mass is 269 g/mol. The molecule has 3 N–H and O–H groups in total. The summed E-state index contributed by atoms with van der Waals surface area (Å²) >= 11 is 0. The van der Waals surface area contributed by atoms with E-state index in [0.29, 0.717) is 0 Å². The van der Waals surface area contributed by atoms with Crippen molar-refractivity contribution < 1.29 is 4.79 Å². The van der Waals surface area contributed by atoms with Gasteiger partial charge in [0.05, 0.1) is 5.54 Å². The van der Waals surface area contributed by atoms with Crippen molar-refractivity contribution in [2.75, 3.05) is 26.2 Å². The van der Waals surface area contributed by atoms with Crippen molar-refractivity contribution in [1.82, 2.24) is 10.2 Å². The van der Waals surface area contributed by atoms with E-state index in [0.717, 1.165) is 32.2 Å². The number of nitrogens with zero attached hydrogens (tertiary/aromatic N) is 1. The van der Waals surface area contributed by atoms with Crippen molar-refractivity contribution in [1.29, 1.82) is 0 Å². The zero-order valence-electron chi connectivity index (χ0n) is 12.7. The minimum atomic E-state index is -0.530. The molecular weight excluding hydrogens is 238 g/mol. The lowest BCUT2D eigenvalue weighted by Gasteiger charge is -2.29. The van der Waals surface area contributed by atoms with Crippen LogP contribution in [0.4, 0.5) is 0 Å². The third-order valence-corrected chi connectivity index (χ3v) is 4.16. The van der Waals surface area contributed by atoms with E-state index in [-0.39, 0.29) is 5.91 Å². The standard InChI is InChI=1S/C15H31N3O/c1-3-10-17-15(2,14(16)19)9-5-8-13-18-11-6-4-7-12-18/h17H,3-13H2,1-2H3,(H2,16,19).